The van der Waals surface area contributed by atoms with E-state index in [1.165, 1.54) is 0 Å². The molecule has 0 aromatic heterocycles. The van der Waals surface area contributed by atoms with E-state index in [-0.39, 0.29) is 18.6 Å². The molecule has 0 radical (unpaired) electrons. The minimum absolute atomic E-state index is 0.0676. The second-order valence-electron chi connectivity index (χ2n) is 4.11. The maximum absolute atomic E-state index is 11.2. The lowest BCUT2D eigenvalue weighted by Gasteiger charge is -2.18. The van der Waals surface area contributed by atoms with Gasteiger partial charge in [-0.15, -0.1) is 0 Å². The zero-order chi connectivity index (χ0) is 12.1. The molecule has 0 aliphatic carbocycles. The fourth-order valence-electron chi connectivity index (χ4n) is 0.644. The van der Waals surface area contributed by atoms with Crippen LogP contribution >= 0.6 is 0 Å². The highest BCUT2D eigenvalue weighted by Gasteiger charge is 2.17. The van der Waals surface area contributed by atoms with Crippen LogP contribution in [0.25, 0.3) is 0 Å². The molecule has 15 heavy (non-hydrogen) atoms. The Labute approximate surface area is 89.6 Å². The molecule has 0 aromatic carbocycles. The van der Waals surface area contributed by atoms with Gasteiger partial charge in [0.1, 0.15) is 0 Å². The third kappa shape index (κ3) is 9.64. The first-order valence-corrected chi connectivity index (χ1v) is 6.17. The summed E-state index contributed by atoms with van der Waals surface area (Å²) in [6.07, 6.45) is -0.103. The summed E-state index contributed by atoms with van der Waals surface area (Å²) in [5, 5.41) is 8.32. The molecule has 90 valence electrons. The molecular formula is C8H17NO5S. The number of hydrogen-bond donors (Lipinski definition) is 2. The number of carboxylic acids is 1. The Morgan fingerprint density at radius 1 is 1.40 bits per heavy atom. The number of nitrogens with one attached hydrogen (secondary N) is 1. The Kier molecular flexibility index (Phi) is 5.19. The van der Waals surface area contributed by atoms with Gasteiger partial charge in [-0.05, 0) is 27.2 Å². The molecular weight excluding hydrogens is 222 g/mol. The van der Waals surface area contributed by atoms with Gasteiger partial charge in [-0.25, -0.2) is 8.42 Å². The number of carboxylic acid groups (broad SMARTS) is 1. The van der Waals surface area contributed by atoms with Crippen molar-refractivity contribution in [1.29, 1.82) is 0 Å². The first kappa shape index (κ1) is 14.3. The van der Waals surface area contributed by atoms with Gasteiger partial charge in [0.05, 0.1) is 11.4 Å². The largest absolute Gasteiger partial charge is 0.481 e. The fraction of sp³-hybridized carbons (Fsp3) is 0.875. The minimum Gasteiger partial charge on any atom is -0.481 e. The number of carbonyl (C=O) groups is 1. The van der Waals surface area contributed by atoms with E-state index in [0.29, 0.717) is 0 Å². The lowest BCUT2D eigenvalue weighted by Crippen LogP contribution is -2.35. The fourth-order valence-corrected chi connectivity index (χ4v) is 1.63. The zero-order valence-corrected chi connectivity index (χ0v) is 9.93. The lowest BCUT2D eigenvalue weighted by molar-refractivity contribution is -0.137. The number of sulfonamides is 1. The van der Waals surface area contributed by atoms with Crippen molar-refractivity contribution in [3.63, 3.8) is 0 Å². The van der Waals surface area contributed by atoms with E-state index in [1.54, 1.807) is 20.8 Å². The highest BCUT2D eigenvalue weighted by molar-refractivity contribution is 7.89. The Bertz CT molecular complexity index is 303. The minimum atomic E-state index is -3.55. The average molecular weight is 239 g/mol. The van der Waals surface area contributed by atoms with Crippen molar-refractivity contribution in [3.8, 4) is 0 Å². The van der Waals surface area contributed by atoms with Gasteiger partial charge in [0.25, 0.3) is 0 Å². The van der Waals surface area contributed by atoms with Crippen molar-refractivity contribution in [1.82, 2.24) is 4.89 Å². The summed E-state index contributed by atoms with van der Waals surface area (Å²) in [6.45, 7) is 5.10. The standard InChI is InChI=1S/C8H17NO5S/c1-8(2,3)14-9-15(12,13)6-4-5-7(10)11/h9H,4-6H2,1-3H3,(H,10,11). The van der Waals surface area contributed by atoms with Crippen LogP contribution in [-0.4, -0.2) is 30.8 Å². The van der Waals surface area contributed by atoms with Crippen molar-refractivity contribution in [2.24, 2.45) is 0 Å². The van der Waals surface area contributed by atoms with E-state index in [0.717, 1.165) is 0 Å². The second-order valence-corrected chi connectivity index (χ2v) is 5.92. The molecule has 0 atom stereocenters. The van der Waals surface area contributed by atoms with Crippen molar-refractivity contribution in [2.75, 3.05) is 5.75 Å². The molecule has 0 aliphatic rings. The molecule has 6 nitrogen and oxygen atoms in total. The highest BCUT2D eigenvalue weighted by Crippen LogP contribution is 2.05. The van der Waals surface area contributed by atoms with Gasteiger partial charge in [-0.1, -0.05) is 4.89 Å². The van der Waals surface area contributed by atoms with Crippen LogP contribution in [0.5, 0.6) is 0 Å². The van der Waals surface area contributed by atoms with Gasteiger partial charge < -0.3 is 5.11 Å². The summed E-state index contributed by atoms with van der Waals surface area (Å²) in [5.74, 6) is -1.27. The van der Waals surface area contributed by atoms with Gasteiger partial charge in [0.15, 0.2) is 0 Å². The zero-order valence-electron chi connectivity index (χ0n) is 9.11. The maximum Gasteiger partial charge on any atom is 0.303 e. The van der Waals surface area contributed by atoms with Crippen molar-refractivity contribution in [3.05, 3.63) is 0 Å². The Morgan fingerprint density at radius 3 is 2.33 bits per heavy atom. The summed E-state index contributed by atoms with van der Waals surface area (Å²) in [5.41, 5.74) is -0.611. The maximum atomic E-state index is 11.2. The lowest BCUT2D eigenvalue weighted by atomic mass is 10.2. The second kappa shape index (κ2) is 5.43. The van der Waals surface area contributed by atoms with E-state index < -0.39 is 21.6 Å². The summed E-state index contributed by atoms with van der Waals surface area (Å²) in [7, 11) is -3.55. The Hall–Kier alpha value is -0.660. The average Bonchev–Trinajstić information content (AvgIpc) is 1.99. The third-order valence-corrected chi connectivity index (χ3v) is 2.44. The molecule has 0 aliphatic heterocycles. The molecule has 7 heteroatoms. The third-order valence-electron chi connectivity index (χ3n) is 1.28. The van der Waals surface area contributed by atoms with E-state index in [1.807, 2.05) is 4.89 Å². The van der Waals surface area contributed by atoms with Crippen molar-refractivity contribution in [2.45, 2.75) is 39.2 Å². The smallest absolute Gasteiger partial charge is 0.303 e. The molecule has 0 unspecified atom stereocenters. The number of rotatable bonds is 6. The molecule has 0 fully saturated rings. The highest BCUT2D eigenvalue weighted by atomic mass is 32.2. The first-order valence-electron chi connectivity index (χ1n) is 4.52. The molecule has 2 N–H and O–H groups in total. The number of aliphatic carboxylic acids is 1. The molecule has 0 spiro atoms. The molecule has 0 saturated heterocycles. The van der Waals surface area contributed by atoms with Crippen molar-refractivity contribution < 1.29 is 23.2 Å². The van der Waals surface area contributed by atoms with Crippen LogP contribution in [-0.2, 0) is 19.7 Å². The molecule has 0 amide bonds. The SMILES string of the molecule is CC(C)(C)ONS(=O)(=O)CCCC(=O)O. The van der Waals surface area contributed by atoms with Crippen LogP contribution in [0.1, 0.15) is 33.6 Å². The van der Waals surface area contributed by atoms with Crippen molar-refractivity contribution >= 4 is 16.0 Å². The predicted octanol–water partition coefficient (Wildman–Crippen LogP) is 0.501. The Morgan fingerprint density at radius 2 is 1.93 bits per heavy atom. The van der Waals surface area contributed by atoms with Gasteiger partial charge in [-0.3, -0.25) is 9.63 Å². The summed E-state index contributed by atoms with van der Waals surface area (Å²) in [4.78, 5) is 17.0. The molecule has 0 bridgehead atoms. The van der Waals surface area contributed by atoms with Crippen LogP contribution < -0.4 is 4.89 Å². The molecule has 0 heterocycles. The topological polar surface area (TPSA) is 92.7 Å². The van der Waals surface area contributed by atoms with Crippen LogP contribution in [0.4, 0.5) is 0 Å². The molecule has 0 rings (SSSR count). The van der Waals surface area contributed by atoms with Gasteiger partial charge in [0.2, 0.25) is 10.0 Å². The van der Waals surface area contributed by atoms with E-state index in [4.69, 9.17) is 9.94 Å². The molecule has 0 aromatic rings. The van der Waals surface area contributed by atoms with E-state index in [9.17, 15) is 13.2 Å². The summed E-state index contributed by atoms with van der Waals surface area (Å²) < 4.78 is 22.5. The quantitative estimate of drug-likeness (QED) is 0.658. The predicted molar refractivity (Wildman–Crippen MR) is 54.6 cm³/mol. The monoisotopic (exact) mass is 239 g/mol. The van der Waals surface area contributed by atoms with E-state index in [2.05, 4.69) is 0 Å². The summed E-state index contributed by atoms with van der Waals surface area (Å²) >= 11 is 0. The van der Waals surface area contributed by atoms with Gasteiger partial charge in [0, 0.05) is 6.42 Å². The summed E-state index contributed by atoms with van der Waals surface area (Å²) in [6, 6.07) is 0. The van der Waals surface area contributed by atoms with E-state index >= 15 is 0 Å². The first-order chi connectivity index (χ1) is 6.62. The van der Waals surface area contributed by atoms with Crippen LogP contribution in [0, 0.1) is 0 Å². The van der Waals surface area contributed by atoms with Crippen LogP contribution in [0.2, 0.25) is 0 Å². The Balaban J connectivity index is 3.94. The van der Waals surface area contributed by atoms with Gasteiger partial charge >= 0.3 is 5.97 Å². The van der Waals surface area contributed by atoms with Gasteiger partial charge in [-0.2, -0.15) is 0 Å². The van der Waals surface area contributed by atoms with Crippen LogP contribution in [0.3, 0.4) is 0 Å². The van der Waals surface area contributed by atoms with Crippen LogP contribution in [0.15, 0.2) is 0 Å². The molecule has 0 saturated carbocycles. The normalized spacial score (nSPS) is 12.7. The number of hydrogen-bond acceptors (Lipinski definition) is 4.